The van der Waals surface area contributed by atoms with Crippen molar-refractivity contribution in [3.63, 3.8) is 0 Å². The Kier molecular flexibility index (Phi) is 6.26. The van der Waals surface area contributed by atoms with E-state index in [0.717, 1.165) is 18.4 Å². The number of carbonyl (C=O) groups excluding carboxylic acids is 1. The number of pyridine rings is 1. The van der Waals surface area contributed by atoms with Crippen LogP contribution >= 0.6 is 0 Å². The van der Waals surface area contributed by atoms with Crippen LogP contribution in [0, 0.1) is 17.1 Å². The maximum absolute atomic E-state index is 14.1. The van der Waals surface area contributed by atoms with Crippen LogP contribution in [-0.2, 0) is 11.3 Å². The fourth-order valence-electron chi connectivity index (χ4n) is 4.41. The molecule has 0 radical (unpaired) electrons. The van der Waals surface area contributed by atoms with Gasteiger partial charge in [0.2, 0.25) is 0 Å². The zero-order chi connectivity index (χ0) is 25.2. The van der Waals surface area contributed by atoms with E-state index >= 15 is 0 Å². The highest BCUT2D eigenvalue weighted by Gasteiger charge is 2.30. The number of benzene rings is 3. The predicted octanol–water partition coefficient (Wildman–Crippen LogP) is 5.05. The molecule has 1 aliphatic rings. The minimum atomic E-state index is -0.437. The van der Waals surface area contributed by atoms with Crippen molar-refractivity contribution in [2.24, 2.45) is 0 Å². The summed E-state index contributed by atoms with van der Waals surface area (Å²) in [7, 11) is 1.71. The first kappa shape index (κ1) is 23.3. The second-order valence-corrected chi connectivity index (χ2v) is 8.98. The molecule has 6 nitrogen and oxygen atoms in total. The maximum atomic E-state index is 14.1. The highest BCUT2D eigenvalue weighted by molar-refractivity contribution is 5.99. The second kappa shape index (κ2) is 9.67. The van der Waals surface area contributed by atoms with Gasteiger partial charge in [-0.05, 0) is 54.3 Å². The van der Waals surface area contributed by atoms with E-state index in [-0.39, 0.29) is 29.8 Å². The first-order valence-electron chi connectivity index (χ1n) is 11.7. The number of rotatable bonds is 7. The standard InChI is InChI=1S/C29H24FN3O3/c1-32(17-19-6-3-2-4-7-19)27(34)18-36-23-12-13-24-25(15-23)28(20-8-5-9-21(30)14-20)26(16-31)33(29(24)35)22-10-11-22/h2-9,12-15,22H,10-11,17-18H2,1H3. The minimum absolute atomic E-state index is 0.0300. The van der Waals surface area contributed by atoms with Gasteiger partial charge in [-0.15, -0.1) is 0 Å². The molecule has 1 heterocycles. The third-order valence-corrected chi connectivity index (χ3v) is 6.37. The van der Waals surface area contributed by atoms with E-state index in [2.05, 4.69) is 6.07 Å². The van der Waals surface area contributed by atoms with Gasteiger partial charge in [0.1, 0.15) is 23.3 Å². The number of likely N-dealkylation sites (N-methyl/N-ethyl adjacent to an activating group) is 1. The van der Waals surface area contributed by atoms with Gasteiger partial charge >= 0.3 is 0 Å². The van der Waals surface area contributed by atoms with Crippen molar-refractivity contribution in [2.45, 2.75) is 25.4 Å². The first-order valence-corrected chi connectivity index (χ1v) is 11.7. The lowest BCUT2D eigenvalue weighted by atomic mass is 9.96. The van der Waals surface area contributed by atoms with Gasteiger partial charge in [0.05, 0.1) is 0 Å². The van der Waals surface area contributed by atoms with Crippen LogP contribution in [0.1, 0.15) is 30.1 Å². The average molecular weight is 482 g/mol. The van der Waals surface area contributed by atoms with E-state index in [4.69, 9.17) is 4.74 Å². The Morgan fingerprint density at radius 2 is 1.86 bits per heavy atom. The number of aromatic nitrogens is 1. The molecule has 5 rings (SSSR count). The molecule has 1 amide bonds. The molecule has 0 bridgehead atoms. The van der Waals surface area contributed by atoms with E-state index in [9.17, 15) is 19.2 Å². The lowest BCUT2D eigenvalue weighted by Gasteiger charge is -2.18. The Morgan fingerprint density at radius 3 is 2.56 bits per heavy atom. The summed E-state index contributed by atoms with van der Waals surface area (Å²) in [5, 5.41) is 10.9. The summed E-state index contributed by atoms with van der Waals surface area (Å²) in [6.45, 7) is 0.269. The highest BCUT2D eigenvalue weighted by Crippen LogP contribution is 2.39. The predicted molar refractivity (Wildman–Crippen MR) is 135 cm³/mol. The van der Waals surface area contributed by atoms with Gasteiger partial charge in [-0.2, -0.15) is 5.26 Å². The molecule has 1 saturated carbocycles. The molecule has 0 atom stereocenters. The number of carbonyl (C=O) groups is 1. The summed E-state index contributed by atoms with van der Waals surface area (Å²) >= 11 is 0. The fraction of sp³-hybridized carbons (Fsp3) is 0.207. The molecular formula is C29H24FN3O3. The largest absolute Gasteiger partial charge is 0.484 e. The number of fused-ring (bicyclic) bond motifs is 1. The normalized spacial score (nSPS) is 12.8. The van der Waals surface area contributed by atoms with Crippen molar-refractivity contribution in [3.8, 4) is 22.9 Å². The van der Waals surface area contributed by atoms with E-state index in [1.807, 2.05) is 30.3 Å². The van der Waals surface area contributed by atoms with E-state index < -0.39 is 5.82 Å². The molecule has 0 unspecified atom stereocenters. The number of halogens is 1. The van der Waals surface area contributed by atoms with E-state index in [0.29, 0.717) is 34.2 Å². The molecule has 1 aliphatic carbocycles. The number of hydrogen-bond donors (Lipinski definition) is 0. The quantitative estimate of drug-likeness (QED) is 0.370. The summed E-state index contributed by atoms with van der Waals surface area (Å²) in [6.07, 6.45) is 1.64. The Morgan fingerprint density at radius 1 is 1.08 bits per heavy atom. The highest BCUT2D eigenvalue weighted by atomic mass is 19.1. The molecule has 7 heteroatoms. The molecular weight excluding hydrogens is 457 g/mol. The van der Waals surface area contributed by atoms with Crippen LogP contribution in [-0.4, -0.2) is 29.0 Å². The van der Waals surface area contributed by atoms with Crippen molar-refractivity contribution < 1.29 is 13.9 Å². The lowest BCUT2D eigenvalue weighted by molar-refractivity contribution is -0.132. The van der Waals surface area contributed by atoms with Gasteiger partial charge in [-0.1, -0.05) is 42.5 Å². The molecule has 0 aliphatic heterocycles. The van der Waals surface area contributed by atoms with Gasteiger partial charge in [-0.3, -0.25) is 14.2 Å². The van der Waals surface area contributed by atoms with Crippen LogP contribution < -0.4 is 10.3 Å². The topological polar surface area (TPSA) is 75.3 Å². The molecule has 0 saturated heterocycles. The summed E-state index contributed by atoms with van der Waals surface area (Å²) in [4.78, 5) is 27.6. The van der Waals surface area contributed by atoms with Crippen LogP contribution in [0.3, 0.4) is 0 Å². The van der Waals surface area contributed by atoms with Crippen molar-refractivity contribution in [3.05, 3.63) is 100 Å². The summed E-state index contributed by atoms with van der Waals surface area (Å²) in [5.74, 6) is -0.256. The van der Waals surface area contributed by atoms with Gasteiger partial charge in [0, 0.05) is 36.0 Å². The number of nitrogens with zero attached hydrogens (tertiary/aromatic N) is 3. The molecule has 180 valence electrons. The van der Waals surface area contributed by atoms with Crippen LogP contribution in [0.5, 0.6) is 5.75 Å². The Bertz CT molecular complexity index is 1550. The summed E-state index contributed by atoms with van der Waals surface area (Å²) in [5.41, 5.74) is 1.94. The van der Waals surface area contributed by atoms with Crippen molar-refractivity contribution >= 4 is 16.7 Å². The maximum Gasteiger partial charge on any atom is 0.260 e. The lowest BCUT2D eigenvalue weighted by Crippen LogP contribution is -2.30. The molecule has 0 spiro atoms. The molecule has 3 aromatic carbocycles. The number of amides is 1. The van der Waals surface area contributed by atoms with Gasteiger partial charge in [0.25, 0.3) is 11.5 Å². The average Bonchev–Trinajstić information content (AvgIpc) is 3.72. The molecule has 1 aromatic heterocycles. The summed E-state index contributed by atoms with van der Waals surface area (Å²) in [6, 6.07) is 22.7. The fourth-order valence-corrected chi connectivity index (χ4v) is 4.41. The van der Waals surface area contributed by atoms with Crippen molar-refractivity contribution in [1.29, 1.82) is 5.26 Å². The van der Waals surface area contributed by atoms with Crippen LogP contribution in [0.15, 0.2) is 77.6 Å². The Balaban J connectivity index is 1.50. The Labute approximate surface area is 207 Å². The molecule has 36 heavy (non-hydrogen) atoms. The van der Waals surface area contributed by atoms with Crippen LogP contribution in [0.4, 0.5) is 4.39 Å². The molecule has 4 aromatic rings. The molecule has 0 N–H and O–H groups in total. The zero-order valence-electron chi connectivity index (χ0n) is 19.8. The van der Waals surface area contributed by atoms with E-state index in [1.54, 1.807) is 42.3 Å². The van der Waals surface area contributed by atoms with Crippen LogP contribution in [0.2, 0.25) is 0 Å². The molecule has 1 fully saturated rings. The van der Waals surface area contributed by atoms with Crippen molar-refractivity contribution in [2.75, 3.05) is 13.7 Å². The zero-order valence-corrected chi connectivity index (χ0v) is 19.8. The Hall–Kier alpha value is -4.44. The third kappa shape index (κ3) is 4.58. The van der Waals surface area contributed by atoms with E-state index in [1.165, 1.54) is 16.7 Å². The van der Waals surface area contributed by atoms with Gasteiger partial charge in [0.15, 0.2) is 6.61 Å². The third-order valence-electron chi connectivity index (χ3n) is 6.37. The number of nitriles is 1. The number of hydrogen-bond acceptors (Lipinski definition) is 4. The summed E-state index contributed by atoms with van der Waals surface area (Å²) < 4.78 is 21.5. The number of ether oxygens (including phenoxy) is 1. The van der Waals surface area contributed by atoms with Crippen molar-refractivity contribution in [1.82, 2.24) is 9.47 Å². The van der Waals surface area contributed by atoms with Gasteiger partial charge in [-0.25, -0.2) is 4.39 Å². The first-order chi connectivity index (χ1) is 17.5. The minimum Gasteiger partial charge on any atom is -0.484 e. The van der Waals surface area contributed by atoms with Crippen LogP contribution in [0.25, 0.3) is 21.9 Å². The monoisotopic (exact) mass is 481 g/mol. The smallest absolute Gasteiger partial charge is 0.260 e. The van der Waals surface area contributed by atoms with Gasteiger partial charge < -0.3 is 9.64 Å². The SMILES string of the molecule is CN(Cc1ccccc1)C(=O)COc1ccc2c(=O)n(C3CC3)c(C#N)c(-c3cccc(F)c3)c2c1. The second-order valence-electron chi connectivity index (χ2n) is 8.98.